The Labute approximate surface area is 199 Å². The lowest BCUT2D eigenvalue weighted by atomic mass is 9.89. The number of pyridine rings is 2. The number of methoxy groups -OCH3 is 1. The molecule has 6 nitrogen and oxygen atoms in total. The van der Waals surface area contributed by atoms with Gasteiger partial charge in [0.15, 0.2) is 0 Å². The highest BCUT2D eigenvalue weighted by Gasteiger charge is 2.32. The number of hydrogen-bond acceptors (Lipinski definition) is 5. The first-order valence-corrected chi connectivity index (χ1v) is 11.7. The van der Waals surface area contributed by atoms with Crippen LogP contribution in [0.5, 0.6) is 0 Å². The molecule has 2 aromatic heterocycles. The van der Waals surface area contributed by atoms with Crippen molar-refractivity contribution in [2.45, 2.75) is 52.4 Å². The summed E-state index contributed by atoms with van der Waals surface area (Å²) in [5.74, 6) is -0.314. The second kappa shape index (κ2) is 9.41. The molecule has 0 unspecified atom stereocenters. The standard InChI is InChI=1S/C27H32FN3O3/c1-6-27(3,33)21-12-24-25-19(14-31(24)26(32)20(21)15-34-5)17(9-7-8-10-29-4)18-11-16(2)22(28)13-23(18)30-25/h7,9,11-13,29,33H,6,8,10,14-15H2,1-5H3/b9-7+/t27-/m0/s1. The summed E-state index contributed by atoms with van der Waals surface area (Å²) in [6.07, 6.45) is 5.41. The van der Waals surface area contributed by atoms with Gasteiger partial charge in [0.25, 0.3) is 5.56 Å². The van der Waals surface area contributed by atoms with Gasteiger partial charge < -0.3 is 19.7 Å². The van der Waals surface area contributed by atoms with Crippen molar-refractivity contribution >= 4 is 17.0 Å². The number of ether oxygens (including phenoxy) is 1. The molecule has 3 aromatic rings. The lowest BCUT2D eigenvalue weighted by Crippen LogP contribution is -2.31. The number of nitrogens with one attached hydrogen (secondary N) is 1. The number of rotatable bonds is 8. The van der Waals surface area contributed by atoms with Crippen molar-refractivity contribution < 1.29 is 14.2 Å². The largest absolute Gasteiger partial charge is 0.385 e. The van der Waals surface area contributed by atoms with Crippen molar-refractivity contribution in [2.75, 3.05) is 20.7 Å². The number of aryl methyl sites for hydroxylation is 1. The number of aromatic nitrogens is 2. The molecule has 0 saturated heterocycles. The van der Waals surface area contributed by atoms with E-state index in [0.717, 1.165) is 29.5 Å². The van der Waals surface area contributed by atoms with Crippen LogP contribution in [0.15, 0.2) is 29.1 Å². The second-order valence-electron chi connectivity index (χ2n) is 9.14. The topological polar surface area (TPSA) is 76.4 Å². The van der Waals surface area contributed by atoms with Crippen LogP contribution < -0.4 is 10.9 Å². The molecule has 1 aliphatic heterocycles. The number of benzene rings is 1. The summed E-state index contributed by atoms with van der Waals surface area (Å²) in [7, 11) is 3.44. The Bertz CT molecular complexity index is 1340. The van der Waals surface area contributed by atoms with Gasteiger partial charge in [0.05, 0.1) is 35.7 Å². The monoisotopic (exact) mass is 465 g/mol. The molecule has 0 spiro atoms. The summed E-state index contributed by atoms with van der Waals surface area (Å²) in [6, 6.07) is 5.13. The molecule has 1 aliphatic rings. The fourth-order valence-electron chi connectivity index (χ4n) is 4.60. The minimum Gasteiger partial charge on any atom is -0.385 e. The third-order valence-corrected chi connectivity index (χ3v) is 6.77. The normalized spacial score (nSPS) is 14.6. The molecule has 180 valence electrons. The van der Waals surface area contributed by atoms with Gasteiger partial charge >= 0.3 is 0 Å². The molecular weight excluding hydrogens is 433 g/mol. The molecule has 0 radical (unpaired) electrons. The van der Waals surface area contributed by atoms with Crippen molar-refractivity contribution in [3.05, 3.63) is 68.3 Å². The van der Waals surface area contributed by atoms with Gasteiger partial charge in [-0.15, -0.1) is 0 Å². The van der Waals surface area contributed by atoms with Crippen LogP contribution in [-0.2, 0) is 23.5 Å². The Hall–Kier alpha value is -2.87. The first-order valence-electron chi connectivity index (χ1n) is 11.7. The van der Waals surface area contributed by atoms with Crippen molar-refractivity contribution in [1.29, 1.82) is 0 Å². The minimum atomic E-state index is -1.19. The first kappa shape index (κ1) is 24.3. The van der Waals surface area contributed by atoms with E-state index in [4.69, 9.17) is 9.72 Å². The van der Waals surface area contributed by atoms with Gasteiger partial charge in [-0.2, -0.15) is 0 Å². The van der Waals surface area contributed by atoms with E-state index in [9.17, 15) is 14.3 Å². The van der Waals surface area contributed by atoms with Crippen LogP contribution in [0.2, 0.25) is 0 Å². The van der Waals surface area contributed by atoms with Crippen LogP contribution in [0, 0.1) is 12.7 Å². The van der Waals surface area contributed by atoms with Crippen molar-refractivity contribution in [1.82, 2.24) is 14.9 Å². The molecule has 0 bridgehead atoms. The van der Waals surface area contributed by atoms with Crippen molar-refractivity contribution in [3.63, 3.8) is 0 Å². The van der Waals surface area contributed by atoms with Gasteiger partial charge in [-0.1, -0.05) is 19.1 Å². The lowest BCUT2D eigenvalue weighted by Gasteiger charge is -2.25. The lowest BCUT2D eigenvalue weighted by molar-refractivity contribution is 0.0495. The number of nitrogens with zero attached hydrogens (tertiary/aromatic N) is 2. The number of hydrogen-bond donors (Lipinski definition) is 2. The van der Waals surface area contributed by atoms with Crippen molar-refractivity contribution in [2.24, 2.45) is 0 Å². The van der Waals surface area contributed by atoms with Crippen LogP contribution in [0.4, 0.5) is 4.39 Å². The quantitative estimate of drug-likeness (QED) is 0.380. The molecule has 0 amide bonds. The zero-order valence-corrected chi connectivity index (χ0v) is 20.5. The van der Waals surface area contributed by atoms with E-state index in [1.165, 1.54) is 13.2 Å². The van der Waals surface area contributed by atoms with Gasteiger partial charge in [-0.25, -0.2) is 9.37 Å². The fraction of sp³-hybridized carbons (Fsp3) is 0.407. The summed E-state index contributed by atoms with van der Waals surface area (Å²) < 4.78 is 21.5. The average Bonchev–Trinajstić information content (AvgIpc) is 3.17. The predicted molar refractivity (Wildman–Crippen MR) is 133 cm³/mol. The maximum Gasteiger partial charge on any atom is 0.257 e. The molecule has 0 fully saturated rings. The van der Waals surface area contributed by atoms with E-state index in [-0.39, 0.29) is 18.0 Å². The molecule has 7 heteroatoms. The van der Waals surface area contributed by atoms with E-state index < -0.39 is 5.60 Å². The average molecular weight is 466 g/mol. The zero-order chi connectivity index (χ0) is 24.6. The highest BCUT2D eigenvalue weighted by molar-refractivity contribution is 5.93. The highest BCUT2D eigenvalue weighted by Crippen LogP contribution is 2.39. The maximum atomic E-state index is 14.5. The Kier molecular flexibility index (Phi) is 6.71. The van der Waals surface area contributed by atoms with Crippen LogP contribution in [-0.4, -0.2) is 35.4 Å². The van der Waals surface area contributed by atoms with Crippen LogP contribution in [0.25, 0.3) is 28.4 Å². The third-order valence-electron chi connectivity index (χ3n) is 6.77. The SMILES string of the molecule is CC[C@](C)(O)c1cc2n(c(=O)c1COC)Cc1c-2nc2cc(F)c(C)cc2c1/C=C/CCNC. The summed E-state index contributed by atoms with van der Waals surface area (Å²) >= 11 is 0. The Morgan fingerprint density at radius 3 is 2.79 bits per heavy atom. The fourth-order valence-corrected chi connectivity index (χ4v) is 4.60. The molecule has 0 saturated carbocycles. The van der Waals surface area contributed by atoms with Gasteiger partial charge in [-0.05, 0) is 69.1 Å². The molecule has 34 heavy (non-hydrogen) atoms. The van der Waals surface area contributed by atoms with Gasteiger partial charge in [0.2, 0.25) is 0 Å². The summed E-state index contributed by atoms with van der Waals surface area (Å²) in [6.45, 7) is 6.63. The van der Waals surface area contributed by atoms with Crippen LogP contribution in [0.1, 0.15) is 54.5 Å². The Balaban J connectivity index is 2.02. The molecule has 0 aliphatic carbocycles. The van der Waals surface area contributed by atoms with Gasteiger partial charge in [0.1, 0.15) is 5.82 Å². The predicted octanol–water partition coefficient (Wildman–Crippen LogP) is 4.26. The Morgan fingerprint density at radius 1 is 1.35 bits per heavy atom. The minimum absolute atomic E-state index is 0.109. The molecule has 4 rings (SSSR count). The van der Waals surface area contributed by atoms with Gasteiger partial charge in [-0.3, -0.25) is 4.79 Å². The molecule has 2 N–H and O–H groups in total. The van der Waals surface area contributed by atoms with Crippen LogP contribution >= 0.6 is 0 Å². The van der Waals surface area contributed by atoms with Gasteiger partial charge in [0, 0.05) is 29.7 Å². The second-order valence-corrected chi connectivity index (χ2v) is 9.14. The van der Waals surface area contributed by atoms with E-state index in [2.05, 4.69) is 11.4 Å². The first-order chi connectivity index (χ1) is 16.2. The highest BCUT2D eigenvalue weighted by atomic mass is 19.1. The number of fused-ring (bicyclic) bond motifs is 4. The third kappa shape index (κ3) is 4.08. The van der Waals surface area contributed by atoms with E-state index in [1.54, 1.807) is 18.4 Å². The van der Waals surface area contributed by atoms with E-state index in [1.807, 2.05) is 32.2 Å². The molecule has 1 aromatic carbocycles. The molecule has 3 heterocycles. The van der Waals surface area contributed by atoms with E-state index in [0.29, 0.717) is 46.6 Å². The summed E-state index contributed by atoms with van der Waals surface area (Å²) in [5.41, 5.74) is 3.85. The van der Waals surface area contributed by atoms with Crippen molar-refractivity contribution in [3.8, 4) is 11.4 Å². The molecular formula is C27H32FN3O3. The number of halogens is 1. The summed E-state index contributed by atoms with van der Waals surface area (Å²) in [4.78, 5) is 18.4. The smallest absolute Gasteiger partial charge is 0.257 e. The zero-order valence-electron chi connectivity index (χ0n) is 20.5. The maximum absolute atomic E-state index is 14.5. The summed E-state index contributed by atoms with van der Waals surface area (Å²) in [5, 5.41) is 15.1. The van der Waals surface area contributed by atoms with Crippen LogP contribution in [0.3, 0.4) is 0 Å². The molecule has 1 atom stereocenters. The van der Waals surface area contributed by atoms with E-state index >= 15 is 0 Å². The Morgan fingerprint density at radius 2 is 2.12 bits per heavy atom. The number of aliphatic hydroxyl groups is 1.